The van der Waals surface area contributed by atoms with Crippen molar-refractivity contribution in [3.8, 4) is 0 Å². The van der Waals surface area contributed by atoms with E-state index in [1.54, 1.807) is 0 Å². The predicted molar refractivity (Wildman–Crippen MR) is 74.8 cm³/mol. The first-order valence-corrected chi connectivity index (χ1v) is 6.48. The van der Waals surface area contributed by atoms with E-state index < -0.39 is 0 Å². The van der Waals surface area contributed by atoms with Crippen LogP contribution in [0, 0.1) is 0 Å². The lowest BCUT2D eigenvalue weighted by Gasteiger charge is -2.06. The molecule has 0 amide bonds. The van der Waals surface area contributed by atoms with E-state index in [4.69, 9.17) is 0 Å². The summed E-state index contributed by atoms with van der Waals surface area (Å²) in [6.45, 7) is 8.53. The average Bonchev–Trinajstić information content (AvgIpc) is 2.88. The van der Waals surface area contributed by atoms with E-state index in [-0.39, 0.29) is 0 Å². The number of imidazole rings is 2. The van der Waals surface area contributed by atoms with E-state index in [0.29, 0.717) is 6.04 Å². The van der Waals surface area contributed by atoms with Gasteiger partial charge in [-0.25, -0.2) is 9.97 Å². The van der Waals surface area contributed by atoms with E-state index in [2.05, 4.69) is 52.7 Å². The fourth-order valence-corrected chi connectivity index (χ4v) is 1.99. The van der Waals surface area contributed by atoms with E-state index in [9.17, 15) is 0 Å². The van der Waals surface area contributed by atoms with Crippen LogP contribution in [0.25, 0.3) is 16.9 Å². The van der Waals surface area contributed by atoms with Gasteiger partial charge in [0.05, 0.1) is 5.52 Å². The van der Waals surface area contributed by atoms with Gasteiger partial charge in [-0.3, -0.25) is 8.97 Å². The number of aromatic nitrogens is 4. The molecule has 0 saturated heterocycles. The molecule has 0 radical (unpaired) electrons. The largest absolute Gasteiger partial charge is 0.292 e. The molecule has 4 heteroatoms. The number of pyridine rings is 1. The van der Waals surface area contributed by atoms with Crippen LogP contribution in [0.5, 0.6) is 0 Å². The maximum atomic E-state index is 4.41. The molecular weight excluding hydrogens is 224 g/mol. The maximum Gasteiger partial charge on any atom is 0.216 e. The lowest BCUT2D eigenvalue weighted by molar-refractivity contribution is 0.628. The lowest BCUT2D eigenvalue weighted by Crippen LogP contribution is -2.01. The van der Waals surface area contributed by atoms with Crippen molar-refractivity contribution in [2.24, 2.45) is 0 Å². The molecule has 0 aliphatic carbocycles. The minimum absolute atomic E-state index is 0.363. The highest BCUT2D eigenvalue weighted by Gasteiger charge is 2.13. The van der Waals surface area contributed by atoms with Crippen molar-refractivity contribution in [1.82, 2.24) is 18.9 Å². The molecule has 0 atom stereocenters. The molecule has 3 aromatic heterocycles. The summed E-state index contributed by atoms with van der Waals surface area (Å²) in [4.78, 5) is 8.78. The lowest BCUT2D eigenvalue weighted by atomic mass is 10.4. The Bertz CT molecular complexity index is 633. The van der Waals surface area contributed by atoms with E-state index in [0.717, 1.165) is 16.9 Å². The van der Waals surface area contributed by atoms with Crippen LogP contribution in [0.4, 0.5) is 0 Å². The van der Waals surface area contributed by atoms with Crippen LogP contribution in [-0.4, -0.2) is 18.9 Å². The zero-order valence-corrected chi connectivity index (χ0v) is 11.5. The van der Waals surface area contributed by atoms with E-state index >= 15 is 0 Å². The molecule has 96 valence electrons. The molecule has 0 N–H and O–H groups in total. The molecule has 0 aromatic carbocycles. The van der Waals surface area contributed by atoms with Gasteiger partial charge in [0, 0.05) is 24.6 Å². The van der Waals surface area contributed by atoms with E-state index in [1.165, 1.54) is 6.42 Å². The third-order valence-electron chi connectivity index (χ3n) is 2.61. The van der Waals surface area contributed by atoms with Crippen molar-refractivity contribution in [1.29, 1.82) is 0 Å². The first-order chi connectivity index (χ1) is 8.70. The van der Waals surface area contributed by atoms with Gasteiger partial charge in [-0.15, -0.1) is 0 Å². The normalized spacial score (nSPS) is 10.9. The number of hydrogen-bond donors (Lipinski definition) is 0. The summed E-state index contributed by atoms with van der Waals surface area (Å²) in [5, 5.41) is 0. The summed E-state index contributed by atoms with van der Waals surface area (Å²) >= 11 is 0. The van der Waals surface area contributed by atoms with Gasteiger partial charge in [0.15, 0.2) is 5.65 Å². The highest BCUT2D eigenvalue weighted by molar-refractivity contribution is 5.76. The van der Waals surface area contributed by atoms with Crippen LogP contribution in [0.3, 0.4) is 0 Å². The Morgan fingerprint density at radius 1 is 1.17 bits per heavy atom. The summed E-state index contributed by atoms with van der Waals surface area (Å²) in [5.74, 6) is 0.957. The van der Waals surface area contributed by atoms with Crippen LogP contribution < -0.4 is 0 Å². The van der Waals surface area contributed by atoms with Crippen LogP contribution in [0.2, 0.25) is 0 Å². The molecule has 3 aromatic rings. The molecule has 0 fully saturated rings. The van der Waals surface area contributed by atoms with Gasteiger partial charge < -0.3 is 0 Å². The summed E-state index contributed by atoms with van der Waals surface area (Å²) in [5.41, 5.74) is 2.11. The predicted octanol–water partition coefficient (Wildman–Crippen LogP) is 3.68. The molecule has 0 aliphatic rings. The molecule has 3 rings (SSSR count). The molecule has 0 bridgehead atoms. The average molecular weight is 244 g/mol. The van der Waals surface area contributed by atoms with Gasteiger partial charge in [0.2, 0.25) is 5.78 Å². The van der Waals surface area contributed by atoms with Crippen LogP contribution >= 0.6 is 0 Å². The Morgan fingerprint density at radius 2 is 1.89 bits per heavy atom. The van der Waals surface area contributed by atoms with Crippen LogP contribution in [-0.2, 0) is 0 Å². The number of nitrogens with zero attached hydrogens (tertiary/aromatic N) is 4. The molecule has 0 spiro atoms. The van der Waals surface area contributed by atoms with Gasteiger partial charge in [-0.05, 0) is 26.0 Å². The highest BCUT2D eigenvalue weighted by Crippen LogP contribution is 2.21. The molecule has 3 heterocycles. The second kappa shape index (κ2) is 5.21. The zero-order valence-electron chi connectivity index (χ0n) is 11.5. The Hall–Kier alpha value is -1.84. The molecule has 0 unspecified atom stereocenters. The van der Waals surface area contributed by atoms with Crippen LogP contribution in [0.1, 0.15) is 40.2 Å². The minimum atomic E-state index is 0.363. The van der Waals surface area contributed by atoms with Gasteiger partial charge in [-0.2, -0.15) is 0 Å². The van der Waals surface area contributed by atoms with Gasteiger partial charge in [0.25, 0.3) is 0 Å². The third kappa shape index (κ3) is 1.98. The first kappa shape index (κ1) is 12.6. The standard InChI is InChI=1S/C11H12N4.C3H8/c1-8(2)15-10-9(4-3-5-12-10)14-7-6-13-11(14)15;1-3-2/h3-8H,1-2H3;3H2,1-2H3. The summed E-state index contributed by atoms with van der Waals surface area (Å²) < 4.78 is 4.22. The number of rotatable bonds is 1. The number of hydrogen-bond acceptors (Lipinski definition) is 2. The molecule has 0 saturated carbocycles. The van der Waals surface area contributed by atoms with Gasteiger partial charge in [0.1, 0.15) is 0 Å². The Kier molecular flexibility index (Phi) is 3.65. The smallest absolute Gasteiger partial charge is 0.216 e. The summed E-state index contributed by atoms with van der Waals surface area (Å²) in [6.07, 6.45) is 6.86. The van der Waals surface area contributed by atoms with Crippen molar-refractivity contribution < 1.29 is 0 Å². The van der Waals surface area contributed by atoms with Crippen molar-refractivity contribution >= 4 is 16.9 Å². The first-order valence-electron chi connectivity index (χ1n) is 6.48. The monoisotopic (exact) mass is 244 g/mol. The highest BCUT2D eigenvalue weighted by atomic mass is 15.2. The molecule has 4 nitrogen and oxygen atoms in total. The van der Waals surface area contributed by atoms with Crippen molar-refractivity contribution in [3.63, 3.8) is 0 Å². The zero-order chi connectivity index (χ0) is 13.1. The van der Waals surface area contributed by atoms with Crippen molar-refractivity contribution in [2.75, 3.05) is 0 Å². The Labute approximate surface area is 107 Å². The van der Waals surface area contributed by atoms with Crippen molar-refractivity contribution in [3.05, 3.63) is 30.7 Å². The van der Waals surface area contributed by atoms with Gasteiger partial charge >= 0.3 is 0 Å². The number of fused-ring (bicyclic) bond motifs is 3. The fourth-order valence-electron chi connectivity index (χ4n) is 1.99. The maximum absolute atomic E-state index is 4.41. The molecule has 0 aliphatic heterocycles. The summed E-state index contributed by atoms with van der Waals surface area (Å²) in [7, 11) is 0. The third-order valence-corrected chi connectivity index (χ3v) is 2.61. The summed E-state index contributed by atoms with van der Waals surface area (Å²) in [6, 6.07) is 4.38. The SMILES string of the molecule is CC(C)n1c2ncccc2n2ccnc12.CCC. The topological polar surface area (TPSA) is 35.1 Å². The van der Waals surface area contributed by atoms with Crippen molar-refractivity contribution in [2.45, 2.75) is 40.2 Å². The second-order valence-corrected chi connectivity index (χ2v) is 4.61. The minimum Gasteiger partial charge on any atom is -0.292 e. The van der Waals surface area contributed by atoms with Gasteiger partial charge in [-0.1, -0.05) is 20.3 Å². The van der Waals surface area contributed by atoms with E-state index in [1.807, 2.05) is 24.7 Å². The fraction of sp³-hybridized carbons (Fsp3) is 0.429. The molecular formula is C14H20N4. The Morgan fingerprint density at radius 3 is 2.56 bits per heavy atom. The quantitative estimate of drug-likeness (QED) is 0.654. The molecule has 18 heavy (non-hydrogen) atoms. The Balaban J connectivity index is 0.000000367. The van der Waals surface area contributed by atoms with Crippen LogP contribution in [0.15, 0.2) is 30.7 Å². The second-order valence-electron chi connectivity index (χ2n) is 4.61.